The summed E-state index contributed by atoms with van der Waals surface area (Å²) in [5.41, 5.74) is 2.97. The molecule has 26 heavy (non-hydrogen) atoms. The number of hydrogen-bond donors (Lipinski definition) is 1. The van der Waals surface area contributed by atoms with Gasteiger partial charge in [0.15, 0.2) is 12.2 Å². The van der Waals surface area contributed by atoms with Crippen LogP contribution in [0.5, 0.6) is 0 Å². The normalized spacial score (nSPS) is 10.7. The molecule has 0 bridgehead atoms. The van der Waals surface area contributed by atoms with Crippen molar-refractivity contribution in [1.29, 1.82) is 0 Å². The summed E-state index contributed by atoms with van der Waals surface area (Å²) in [5.74, 6) is 0.462. The van der Waals surface area contributed by atoms with Gasteiger partial charge in [0.25, 0.3) is 5.91 Å². The molecule has 0 aliphatic carbocycles. The average molecular weight is 409 g/mol. The Morgan fingerprint density at radius 1 is 1.12 bits per heavy atom. The molecule has 0 fully saturated rings. The zero-order valence-corrected chi connectivity index (χ0v) is 15.1. The molecule has 0 aliphatic heterocycles. The van der Waals surface area contributed by atoms with Crippen LogP contribution in [-0.2, 0) is 0 Å². The molecule has 1 N–H and O–H groups in total. The molecular formula is C19H13BrN4O2. The molecule has 6 nitrogen and oxygen atoms in total. The minimum absolute atomic E-state index is 0.187. The Morgan fingerprint density at radius 2 is 1.96 bits per heavy atom. The van der Waals surface area contributed by atoms with Crippen LogP contribution in [0.4, 0.5) is 5.69 Å². The van der Waals surface area contributed by atoms with Gasteiger partial charge in [0.05, 0.1) is 22.6 Å². The first-order chi connectivity index (χ1) is 12.7. The quantitative estimate of drug-likeness (QED) is 0.537. The van der Waals surface area contributed by atoms with Crippen LogP contribution in [0, 0.1) is 0 Å². The van der Waals surface area contributed by atoms with Gasteiger partial charge in [-0.15, -0.1) is 0 Å². The Morgan fingerprint density at radius 3 is 2.65 bits per heavy atom. The van der Waals surface area contributed by atoms with Crippen LogP contribution < -0.4 is 5.32 Å². The molecule has 2 aromatic heterocycles. The van der Waals surface area contributed by atoms with Crippen molar-refractivity contribution in [2.45, 2.75) is 0 Å². The monoisotopic (exact) mass is 408 g/mol. The Kier molecular flexibility index (Phi) is 4.37. The highest BCUT2D eigenvalue weighted by Gasteiger charge is 2.09. The number of rotatable bonds is 4. The number of nitrogens with one attached hydrogen (secondary N) is 1. The van der Waals surface area contributed by atoms with Crippen molar-refractivity contribution < 1.29 is 9.21 Å². The lowest BCUT2D eigenvalue weighted by Gasteiger charge is -2.07. The third-order valence-electron chi connectivity index (χ3n) is 3.78. The summed E-state index contributed by atoms with van der Waals surface area (Å²) in [6.45, 7) is 0. The Labute approximate surface area is 157 Å². The highest BCUT2D eigenvalue weighted by Crippen LogP contribution is 2.22. The maximum Gasteiger partial charge on any atom is 0.255 e. The van der Waals surface area contributed by atoms with Crippen molar-refractivity contribution >= 4 is 27.5 Å². The number of nitrogens with zero attached hydrogens (tertiary/aromatic N) is 3. The Hall–Kier alpha value is -3.19. The van der Waals surface area contributed by atoms with Crippen molar-refractivity contribution in [3.05, 3.63) is 83.6 Å². The largest absolute Gasteiger partial charge is 0.444 e. The first-order valence-corrected chi connectivity index (χ1v) is 8.59. The van der Waals surface area contributed by atoms with Crippen molar-refractivity contribution in [2.75, 3.05) is 5.32 Å². The van der Waals surface area contributed by atoms with Crippen LogP contribution in [0.3, 0.4) is 0 Å². The van der Waals surface area contributed by atoms with E-state index in [1.807, 2.05) is 42.6 Å². The van der Waals surface area contributed by atoms with Gasteiger partial charge in [-0.1, -0.05) is 12.1 Å². The number of halogens is 1. The summed E-state index contributed by atoms with van der Waals surface area (Å²) in [4.78, 5) is 16.4. The molecule has 4 aromatic rings. The van der Waals surface area contributed by atoms with Gasteiger partial charge in [0, 0.05) is 23.0 Å². The van der Waals surface area contributed by atoms with E-state index in [0.29, 0.717) is 17.0 Å². The Balaban J connectivity index is 1.51. The van der Waals surface area contributed by atoms with Crippen LogP contribution in [0.15, 0.2) is 82.4 Å². The zero-order valence-electron chi connectivity index (χ0n) is 13.5. The molecule has 0 atom stereocenters. The van der Waals surface area contributed by atoms with Crippen LogP contribution >= 0.6 is 15.9 Å². The van der Waals surface area contributed by atoms with Gasteiger partial charge in [-0.3, -0.25) is 4.79 Å². The van der Waals surface area contributed by atoms with E-state index in [9.17, 15) is 4.79 Å². The van der Waals surface area contributed by atoms with E-state index in [1.165, 1.54) is 6.39 Å². The molecule has 0 saturated carbocycles. The average Bonchev–Trinajstić information content (AvgIpc) is 3.34. The van der Waals surface area contributed by atoms with E-state index < -0.39 is 0 Å². The number of carbonyl (C=O) groups is 1. The van der Waals surface area contributed by atoms with Gasteiger partial charge in [0.1, 0.15) is 0 Å². The van der Waals surface area contributed by atoms with E-state index >= 15 is 0 Å². The summed E-state index contributed by atoms with van der Waals surface area (Å²) in [6, 6.07) is 14.6. The van der Waals surface area contributed by atoms with Crippen LogP contribution in [0.1, 0.15) is 10.4 Å². The second-order valence-corrected chi connectivity index (χ2v) is 6.47. The van der Waals surface area contributed by atoms with Gasteiger partial charge in [-0.25, -0.2) is 9.67 Å². The molecular weight excluding hydrogens is 396 g/mol. The van der Waals surface area contributed by atoms with Gasteiger partial charge in [-0.05, 0) is 52.3 Å². The number of anilines is 1. The molecule has 7 heteroatoms. The SMILES string of the molecule is O=C(Nc1cccc(-c2cnco2)c1)c1ccc(-n2cc(Br)cn2)cc1. The van der Waals surface area contributed by atoms with Gasteiger partial charge < -0.3 is 9.73 Å². The smallest absolute Gasteiger partial charge is 0.255 e. The van der Waals surface area contributed by atoms with Crippen LogP contribution in [0.25, 0.3) is 17.0 Å². The fraction of sp³-hybridized carbons (Fsp3) is 0. The number of oxazole rings is 1. The lowest BCUT2D eigenvalue weighted by molar-refractivity contribution is 0.102. The number of hydrogen-bond acceptors (Lipinski definition) is 4. The van der Waals surface area contributed by atoms with Crippen molar-refractivity contribution in [3.63, 3.8) is 0 Å². The number of carbonyl (C=O) groups excluding carboxylic acids is 1. The molecule has 2 aromatic carbocycles. The molecule has 0 saturated heterocycles. The third kappa shape index (κ3) is 3.43. The summed E-state index contributed by atoms with van der Waals surface area (Å²) >= 11 is 3.37. The summed E-state index contributed by atoms with van der Waals surface area (Å²) in [5, 5.41) is 7.11. The summed E-state index contributed by atoms with van der Waals surface area (Å²) in [6.07, 6.45) is 6.57. The number of aromatic nitrogens is 3. The van der Waals surface area contributed by atoms with Crippen LogP contribution in [0.2, 0.25) is 0 Å². The molecule has 0 spiro atoms. The molecule has 1 amide bonds. The molecule has 0 unspecified atom stereocenters. The lowest BCUT2D eigenvalue weighted by Crippen LogP contribution is -2.12. The first kappa shape index (κ1) is 16.3. The second kappa shape index (κ2) is 6.97. The maximum atomic E-state index is 12.5. The standard InChI is InChI=1S/C19H13BrN4O2/c20-15-9-22-24(11-15)17-6-4-13(5-7-17)19(25)23-16-3-1-2-14(8-16)18-10-21-12-26-18/h1-12H,(H,23,25). The highest BCUT2D eigenvalue weighted by atomic mass is 79.9. The number of amides is 1. The molecule has 0 radical (unpaired) electrons. The van der Waals surface area contributed by atoms with Crippen molar-refractivity contribution in [3.8, 4) is 17.0 Å². The molecule has 4 rings (SSSR count). The fourth-order valence-corrected chi connectivity index (χ4v) is 2.80. The number of benzene rings is 2. The van der Waals surface area contributed by atoms with E-state index in [0.717, 1.165) is 15.7 Å². The minimum atomic E-state index is -0.187. The van der Waals surface area contributed by atoms with Crippen molar-refractivity contribution in [2.24, 2.45) is 0 Å². The predicted molar refractivity (Wildman–Crippen MR) is 101 cm³/mol. The lowest BCUT2D eigenvalue weighted by atomic mass is 10.1. The van der Waals surface area contributed by atoms with Crippen molar-refractivity contribution in [1.82, 2.24) is 14.8 Å². The first-order valence-electron chi connectivity index (χ1n) is 7.80. The third-order valence-corrected chi connectivity index (χ3v) is 4.19. The fourth-order valence-electron chi connectivity index (χ4n) is 2.52. The van der Waals surface area contributed by atoms with Gasteiger partial charge in [0.2, 0.25) is 0 Å². The molecule has 128 valence electrons. The van der Waals surface area contributed by atoms with E-state index in [1.54, 1.807) is 29.2 Å². The second-order valence-electron chi connectivity index (χ2n) is 5.55. The molecule has 2 heterocycles. The highest BCUT2D eigenvalue weighted by molar-refractivity contribution is 9.10. The van der Waals surface area contributed by atoms with E-state index in [4.69, 9.17) is 4.42 Å². The minimum Gasteiger partial charge on any atom is -0.444 e. The van der Waals surface area contributed by atoms with Crippen LogP contribution in [-0.4, -0.2) is 20.7 Å². The van der Waals surface area contributed by atoms with E-state index in [2.05, 4.69) is 31.3 Å². The van der Waals surface area contributed by atoms with E-state index in [-0.39, 0.29) is 5.91 Å². The Bertz CT molecular complexity index is 1040. The summed E-state index contributed by atoms with van der Waals surface area (Å²) < 4.78 is 7.91. The van der Waals surface area contributed by atoms with Gasteiger partial charge in [-0.2, -0.15) is 5.10 Å². The maximum absolute atomic E-state index is 12.5. The van der Waals surface area contributed by atoms with Gasteiger partial charge >= 0.3 is 0 Å². The predicted octanol–water partition coefficient (Wildman–Crippen LogP) is 4.54. The summed E-state index contributed by atoms with van der Waals surface area (Å²) in [7, 11) is 0. The zero-order chi connectivity index (χ0) is 17.9. The molecule has 0 aliphatic rings. The topological polar surface area (TPSA) is 73.0 Å².